The molecule has 1 radical (unpaired) electrons. The molecule has 0 saturated carbocycles. The summed E-state index contributed by atoms with van der Waals surface area (Å²) in [6.07, 6.45) is 2.57. The lowest BCUT2D eigenvalue weighted by molar-refractivity contribution is -0.137. The standard InChI is InChI=1S/C22H23O6/c1-4-21(23)27-13-6-5-12-26-20-11-10-17(14-16(20)2)22(24)28-19-9-7-8-18(15-19)25-3/h4,7,9-11,14-15H,1,5-6,12-13H2,2-3H3. The normalized spacial score (nSPS) is 10.1. The Hall–Kier alpha value is -3.28. The summed E-state index contributed by atoms with van der Waals surface area (Å²) in [5.74, 6) is 0.675. The smallest absolute Gasteiger partial charge is 0.343 e. The molecule has 147 valence electrons. The molecule has 6 nitrogen and oxygen atoms in total. The van der Waals surface area contributed by atoms with Gasteiger partial charge in [-0.2, -0.15) is 0 Å². The first kappa shape index (κ1) is 21.0. The summed E-state index contributed by atoms with van der Waals surface area (Å²) in [7, 11) is 1.52. The molecular formula is C22H23O6. The first-order valence-corrected chi connectivity index (χ1v) is 8.84. The number of carbonyl (C=O) groups excluding carboxylic acids is 2. The predicted octanol–water partition coefficient (Wildman–Crippen LogP) is 3.91. The number of benzene rings is 2. The average molecular weight is 383 g/mol. The molecular weight excluding hydrogens is 360 g/mol. The van der Waals surface area contributed by atoms with E-state index in [1.807, 2.05) is 6.92 Å². The third-order valence-corrected chi connectivity index (χ3v) is 3.79. The second kappa shape index (κ2) is 10.8. The van der Waals surface area contributed by atoms with Crippen molar-refractivity contribution in [1.29, 1.82) is 0 Å². The van der Waals surface area contributed by atoms with Crippen LogP contribution in [0.5, 0.6) is 17.2 Å². The highest BCUT2D eigenvalue weighted by molar-refractivity contribution is 5.91. The lowest BCUT2D eigenvalue weighted by Crippen LogP contribution is -2.09. The van der Waals surface area contributed by atoms with Gasteiger partial charge in [0.1, 0.15) is 17.2 Å². The summed E-state index contributed by atoms with van der Waals surface area (Å²) < 4.78 is 21.0. The van der Waals surface area contributed by atoms with E-state index in [2.05, 4.69) is 12.6 Å². The Morgan fingerprint density at radius 2 is 1.93 bits per heavy atom. The average Bonchev–Trinajstić information content (AvgIpc) is 2.71. The summed E-state index contributed by atoms with van der Waals surface area (Å²) in [5, 5.41) is 0. The Kier molecular flexibility index (Phi) is 8.09. The maximum absolute atomic E-state index is 12.3. The predicted molar refractivity (Wildman–Crippen MR) is 104 cm³/mol. The van der Waals surface area contributed by atoms with Crippen molar-refractivity contribution in [2.45, 2.75) is 19.8 Å². The van der Waals surface area contributed by atoms with Crippen molar-refractivity contribution < 1.29 is 28.5 Å². The molecule has 0 bridgehead atoms. The maximum Gasteiger partial charge on any atom is 0.343 e. The molecule has 0 aliphatic carbocycles. The van der Waals surface area contributed by atoms with Crippen LogP contribution in [0.25, 0.3) is 0 Å². The molecule has 2 rings (SSSR count). The van der Waals surface area contributed by atoms with Gasteiger partial charge in [0.2, 0.25) is 0 Å². The van der Waals surface area contributed by atoms with E-state index in [1.54, 1.807) is 36.4 Å². The van der Waals surface area contributed by atoms with Gasteiger partial charge in [-0.1, -0.05) is 6.58 Å². The fourth-order valence-electron chi connectivity index (χ4n) is 2.33. The van der Waals surface area contributed by atoms with E-state index in [-0.39, 0.29) is 0 Å². The largest absolute Gasteiger partial charge is 0.496 e. The number of unbranched alkanes of at least 4 members (excludes halogenated alkanes) is 1. The molecule has 0 heterocycles. The van der Waals surface area contributed by atoms with Gasteiger partial charge in [0.05, 0.1) is 25.9 Å². The maximum atomic E-state index is 12.3. The molecule has 0 aliphatic heterocycles. The third kappa shape index (κ3) is 6.46. The fraction of sp³-hybridized carbons (Fsp3) is 0.273. The Morgan fingerprint density at radius 3 is 2.64 bits per heavy atom. The summed E-state index contributed by atoms with van der Waals surface area (Å²) >= 11 is 0. The van der Waals surface area contributed by atoms with Crippen LogP contribution in [0.1, 0.15) is 28.8 Å². The van der Waals surface area contributed by atoms with E-state index in [0.29, 0.717) is 42.4 Å². The zero-order valence-electron chi connectivity index (χ0n) is 16.0. The molecule has 0 fully saturated rings. The van der Waals surface area contributed by atoms with Crippen LogP contribution in [0, 0.1) is 13.0 Å². The van der Waals surface area contributed by atoms with E-state index in [9.17, 15) is 9.59 Å². The van der Waals surface area contributed by atoms with Crippen molar-refractivity contribution in [1.82, 2.24) is 0 Å². The summed E-state index contributed by atoms with van der Waals surface area (Å²) in [5.41, 5.74) is 1.25. The van der Waals surface area contributed by atoms with E-state index in [4.69, 9.17) is 18.9 Å². The number of hydrogen-bond acceptors (Lipinski definition) is 6. The van der Waals surface area contributed by atoms with Crippen LogP contribution >= 0.6 is 0 Å². The zero-order valence-corrected chi connectivity index (χ0v) is 16.0. The van der Waals surface area contributed by atoms with Crippen LogP contribution < -0.4 is 14.2 Å². The van der Waals surface area contributed by atoms with Crippen molar-refractivity contribution in [2.24, 2.45) is 0 Å². The minimum absolute atomic E-state index is 0.333. The van der Waals surface area contributed by atoms with Gasteiger partial charge in [0.15, 0.2) is 0 Å². The van der Waals surface area contributed by atoms with E-state index in [0.717, 1.165) is 18.1 Å². The van der Waals surface area contributed by atoms with Gasteiger partial charge in [-0.15, -0.1) is 0 Å². The van der Waals surface area contributed by atoms with Crippen LogP contribution in [-0.2, 0) is 9.53 Å². The first-order valence-electron chi connectivity index (χ1n) is 8.84. The highest BCUT2D eigenvalue weighted by Crippen LogP contribution is 2.22. The second-order valence-corrected chi connectivity index (χ2v) is 5.89. The Morgan fingerprint density at radius 1 is 1.14 bits per heavy atom. The minimum Gasteiger partial charge on any atom is -0.496 e. The van der Waals surface area contributed by atoms with Crippen LogP contribution in [0.2, 0.25) is 0 Å². The highest BCUT2D eigenvalue weighted by atomic mass is 16.5. The SMILES string of the molecule is C=CC(=O)OCCCCOc1ccc(C(=O)Oc2cc[c]c(OC)c2)cc1C. The number of esters is 2. The molecule has 2 aromatic carbocycles. The molecule has 0 aliphatic rings. The summed E-state index contributed by atoms with van der Waals surface area (Å²) in [6, 6.07) is 12.8. The van der Waals surface area contributed by atoms with E-state index < -0.39 is 11.9 Å². The third-order valence-electron chi connectivity index (χ3n) is 3.79. The molecule has 0 unspecified atom stereocenters. The molecule has 28 heavy (non-hydrogen) atoms. The van der Waals surface area contributed by atoms with Crippen LogP contribution in [0.4, 0.5) is 0 Å². The van der Waals surface area contributed by atoms with Crippen molar-refractivity contribution in [3.8, 4) is 17.2 Å². The molecule has 0 saturated heterocycles. The molecule has 0 spiro atoms. The highest BCUT2D eigenvalue weighted by Gasteiger charge is 2.11. The van der Waals surface area contributed by atoms with Gasteiger partial charge < -0.3 is 18.9 Å². The first-order chi connectivity index (χ1) is 13.5. The van der Waals surface area contributed by atoms with Crippen LogP contribution in [-0.4, -0.2) is 32.3 Å². The number of carbonyl (C=O) groups is 2. The zero-order chi connectivity index (χ0) is 20.4. The van der Waals surface area contributed by atoms with Gasteiger partial charge in [0.25, 0.3) is 0 Å². The molecule has 2 aromatic rings. The molecule has 6 heteroatoms. The van der Waals surface area contributed by atoms with Gasteiger partial charge >= 0.3 is 11.9 Å². The van der Waals surface area contributed by atoms with Gasteiger partial charge in [0, 0.05) is 18.2 Å². The van der Waals surface area contributed by atoms with Gasteiger partial charge in [-0.3, -0.25) is 0 Å². The second-order valence-electron chi connectivity index (χ2n) is 5.89. The number of hydrogen-bond donors (Lipinski definition) is 0. The Balaban J connectivity index is 1.84. The minimum atomic E-state index is -0.466. The van der Waals surface area contributed by atoms with Crippen molar-refractivity contribution in [2.75, 3.05) is 20.3 Å². The summed E-state index contributed by atoms with van der Waals surface area (Å²) in [6.45, 7) is 6.01. The van der Waals surface area contributed by atoms with Crippen molar-refractivity contribution >= 4 is 11.9 Å². The number of ether oxygens (including phenoxy) is 4. The molecule has 0 amide bonds. The lowest BCUT2D eigenvalue weighted by Gasteiger charge is -2.11. The van der Waals surface area contributed by atoms with Crippen LogP contribution in [0.3, 0.4) is 0 Å². The van der Waals surface area contributed by atoms with Gasteiger partial charge in [-0.05, 0) is 55.7 Å². The fourth-order valence-corrected chi connectivity index (χ4v) is 2.33. The van der Waals surface area contributed by atoms with Crippen molar-refractivity contribution in [3.63, 3.8) is 0 Å². The van der Waals surface area contributed by atoms with E-state index in [1.165, 1.54) is 7.11 Å². The monoisotopic (exact) mass is 383 g/mol. The lowest BCUT2D eigenvalue weighted by atomic mass is 10.1. The number of rotatable bonds is 10. The quantitative estimate of drug-likeness (QED) is 0.268. The molecule has 0 atom stereocenters. The number of methoxy groups -OCH3 is 1. The summed E-state index contributed by atoms with van der Waals surface area (Å²) in [4.78, 5) is 23.3. The number of aryl methyl sites for hydroxylation is 1. The van der Waals surface area contributed by atoms with Crippen LogP contribution in [0.15, 0.2) is 49.1 Å². The van der Waals surface area contributed by atoms with Gasteiger partial charge in [-0.25, -0.2) is 9.59 Å². The molecule has 0 N–H and O–H groups in total. The molecule has 0 aromatic heterocycles. The van der Waals surface area contributed by atoms with Crippen molar-refractivity contribution in [3.05, 3.63) is 66.2 Å². The van der Waals surface area contributed by atoms with E-state index >= 15 is 0 Å². The Labute approximate surface area is 164 Å². The topological polar surface area (TPSA) is 71.1 Å². The Bertz CT molecular complexity index is 828.